The third kappa shape index (κ3) is 6.99. The number of hydrogen-bond acceptors (Lipinski definition) is 4. The van der Waals surface area contributed by atoms with E-state index in [2.05, 4.69) is 5.32 Å². The van der Waals surface area contributed by atoms with E-state index in [0.717, 1.165) is 35.6 Å². The molecule has 0 bridgehead atoms. The van der Waals surface area contributed by atoms with Gasteiger partial charge in [0.2, 0.25) is 21.8 Å². The van der Waals surface area contributed by atoms with Gasteiger partial charge in [-0.2, -0.15) is 0 Å². The van der Waals surface area contributed by atoms with E-state index in [-0.39, 0.29) is 24.2 Å². The SMILES string of the molecule is CC[C@@H](C(=O)NC(C)C)N(Cc1ccccc1C)C(=O)CN(c1ccc(F)c(F)c1)S(C)(=O)=O. The Kier molecular flexibility index (Phi) is 9.14. The fraction of sp³-hybridized carbons (Fsp3) is 0.417. The van der Waals surface area contributed by atoms with Gasteiger partial charge in [-0.15, -0.1) is 0 Å². The minimum Gasteiger partial charge on any atom is -0.352 e. The molecule has 0 aliphatic rings. The van der Waals surface area contributed by atoms with Crippen LogP contribution in [0.5, 0.6) is 0 Å². The molecule has 0 aromatic heterocycles. The molecule has 34 heavy (non-hydrogen) atoms. The normalized spacial score (nSPS) is 12.4. The lowest BCUT2D eigenvalue weighted by atomic mass is 10.1. The van der Waals surface area contributed by atoms with Crippen LogP contribution in [-0.4, -0.2) is 50.0 Å². The van der Waals surface area contributed by atoms with Crippen LogP contribution >= 0.6 is 0 Å². The van der Waals surface area contributed by atoms with Crippen LogP contribution in [0.15, 0.2) is 42.5 Å². The molecule has 10 heteroatoms. The fourth-order valence-electron chi connectivity index (χ4n) is 3.53. The maximum atomic E-state index is 13.8. The van der Waals surface area contributed by atoms with Crippen LogP contribution in [0.3, 0.4) is 0 Å². The molecule has 0 unspecified atom stereocenters. The third-order valence-electron chi connectivity index (χ3n) is 5.29. The number of carbonyl (C=O) groups excluding carboxylic acids is 2. The van der Waals surface area contributed by atoms with E-state index in [1.807, 2.05) is 31.2 Å². The van der Waals surface area contributed by atoms with Crippen molar-refractivity contribution in [2.45, 2.75) is 52.7 Å². The second-order valence-electron chi connectivity index (χ2n) is 8.40. The molecule has 0 spiro atoms. The zero-order chi connectivity index (χ0) is 25.6. The molecule has 0 heterocycles. The van der Waals surface area contributed by atoms with Crippen LogP contribution < -0.4 is 9.62 Å². The van der Waals surface area contributed by atoms with Crippen molar-refractivity contribution >= 4 is 27.5 Å². The van der Waals surface area contributed by atoms with Crippen molar-refractivity contribution in [3.8, 4) is 0 Å². The average molecular weight is 496 g/mol. The summed E-state index contributed by atoms with van der Waals surface area (Å²) >= 11 is 0. The predicted octanol–water partition coefficient (Wildman–Crippen LogP) is 3.37. The highest BCUT2D eigenvalue weighted by Crippen LogP contribution is 2.22. The molecule has 0 fully saturated rings. The third-order valence-corrected chi connectivity index (χ3v) is 6.43. The minimum atomic E-state index is -4.03. The second-order valence-corrected chi connectivity index (χ2v) is 10.3. The van der Waals surface area contributed by atoms with Crippen molar-refractivity contribution in [3.05, 3.63) is 65.2 Å². The van der Waals surface area contributed by atoms with Gasteiger partial charge in [0.25, 0.3) is 0 Å². The maximum Gasteiger partial charge on any atom is 0.244 e. The Hall–Kier alpha value is -3.01. The van der Waals surface area contributed by atoms with Crippen molar-refractivity contribution < 1.29 is 26.8 Å². The molecule has 7 nitrogen and oxygen atoms in total. The zero-order valence-corrected chi connectivity index (χ0v) is 20.8. The fourth-order valence-corrected chi connectivity index (χ4v) is 4.37. The highest BCUT2D eigenvalue weighted by atomic mass is 32.2. The van der Waals surface area contributed by atoms with Crippen LogP contribution in [0.1, 0.15) is 38.3 Å². The molecule has 2 aromatic carbocycles. The number of halogens is 2. The summed E-state index contributed by atoms with van der Waals surface area (Å²) in [7, 11) is -4.03. The summed E-state index contributed by atoms with van der Waals surface area (Å²) in [6.45, 7) is 6.62. The summed E-state index contributed by atoms with van der Waals surface area (Å²) in [6.07, 6.45) is 1.16. The molecule has 2 aromatic rings. The van der Waals surface area contributed by atoms with Gasteiger partial charge in [-0.1, -0.05) is 31.2 Å². The number of nitrogens with zero attached hydrogens (tertiary/aromatic N) is 2. The minimum absolute atomic E-state index is 0.0743. The Morgan fingerprint density at radius 3 is 2.24 bits per heavy atom. The smallest absolute Gasteiger partial charge is 0.244 e. The molecule has 0 saturated heterocycles. The number of amides is 2. The topological polar surface area (TPSA) is 86.8 Å². The van der Waals surface area contributed by atoms with E-state index in [9.17, 15) is 26.8 Å². The number of benzene rings is 2. The molecule has 186 valence electrons. The first-order valence-corrected chi connectivity index (χ1v) is 12.8. The van der Waals surface area contributed by atoms with Gasteiger partial charge >= 0.3 is 0 Å². The maximum absolute atomic E-state index is 13.8. The van der Waals surface area contributed by atoms with Crippen molar-refractivity contribution in [2.75, 3.05) is 17.1 Å². The van der Waals surface area contributed by atoms with E-state index < -0.39 is 40.2 Å². The van der Waals surface area contributed by atoms with Gasteiger partial charge in [0.1, 0.15) is 12.6 Å². The summed E-state index contributed by atoms with van der Waals surface area (Å²) < 4.78 is 52.9. The molecule has 2 amide bonds. The van der Waals surface area contributed by atoms with E-state index in [1.54, 1.807) is 20.8 Å². The van der Waals surface area contributed by atoms with E-state index >= 15 is 0 Å². The van der Waals surface area contributed by atoms with Crippen LogP contribution in [0.4, 0.5) is 14.5 Å². The molecule has 1 atom stereocenters. The Balaban J connectivity index is 2.48. The summed E-state index contributed by atoms with van der Waals surface area (Å²) in [4.78, 5) is 27.7. The van der Waals surface area contributed by atoms with Crippen molar-refractivity contribution in [2.24, 2.45) is 0 Å². The van der Waals surface area contributed by atoms with Crippen molar-refractivity contribution in [1.82, 2.24) is 10.2 Å². The number of rotatable bonds is 10. The van der Waals surface area contributed by atoms with Gasteiger partial charge in [-0.3, -0.25) is 13.9 Å². The monoisotopic (exact) mass is 495 g/mol. The average Bonchev–Trinajstić information content (AvgIpc) is 2.73. The number of hydrogen-bond donors (Lipinski definition) is 1. The van der Waals surface area contributed by atoms with Crippen LogP contribution in [-0.2, 0) is 26.2 Å². The van der Waals surface area contributed by atoms with E-state index in [0.29, 0.717) is 10.7 Å². The first kappa shape index (κ1) is 27.2. The van der Waals surface area contributed by atoms with E-state index in [1.165, 1.54) is 4.90 Å². The molecule has 1 N–H and O–H groups in total. The number of carbonyl (C=O) groups is 2. The van der Waals surface area contributed by atoms with Gasteiger partial charge in [-0.05, 0) is 50.5 Å². The lowest BCUT2D eigenvalue weighted by Crippen LogP contribution is -2.53. The molecule has 0 saturated carbocycles. The van der Waals surface area contributed by atoms with Gasteiger partial charge in [0.05, 0.1) is 11.9 Å². The second kappa shape index (κ2) is 11.4. The van der Waals surface area contributed by atoms with Crippen molar-refractivity contribution in [3.63, 3.8) is 0 Å². The number of nitrogens with one attached hydrogen (secondary N) is 1. The summed E-state index contributed by atoms with van der Waals surface area (Å²) in [6, 6.07) is 8.94. The Bertz CT molecular complexity index is 1140. The molecular formula is C24H31F2N3O4S. The zero-order valence-electron chi connectivity index (χ0n) is 20.0. The number of sulfonamides is 1. The Morgan fingerprint density at radius 1 is 1.06 bits per heavy atom. The Labute approximate surface area is 199 Å². The predicted molar refractivity (Wildman–Crippen MR) is 128 cm³/mol. The molecular weight excluding hydrogens is 464 g/mol. The highest BCUT2D eigenvalue weighted by molar-refractivity contribution is 7.92. The van der Waals surface area contributed by atoms with E-state index in [4.69, 9.17) is 0 Å². The first-order chi connectivity index (χ1) is 15.8. The standard InChI is InChI=1S/C24H31F2N3O4S/c1-6-22(24(31)27-16(2)3)28(14-18-10-8-7-9-17(18)4)23(30)15-29(34(5,32)33)19-11-12-20(25)21(26)13-19/h7-13,16,22H,6,14-15H2,1-5H3,(H,27,31)/t22-/m0/s1. The van der Waals surface area contributed by atoms with Crippen molar-refractivity contribution in [1.29, 1.82) is 0 Å². The van der Waals surface area contributed by atoms with Crippen LogP contribution in [0.25, 0.3) is 0 Å². The first-order valence-electron chi connectivity index (χ1n) is 10.9. The van der Waals surface area contributed by atoms with Gasteiger partial charge in [-0.25, -0.2) is 17.2 Å². The number of aryl methyl sites for hydroxylation is 1. The summed E-state index contributed by atoms with van der Waals surface area (Å²) in [5.74, 6) is -3.39. The molecule has 0 aliphatic carbocycles. The largest absolute Gasteiger partial charge is 0.352 e. The molecule has 2 rings (SSSR count). The van der Waals surface area contributed by atoms with Crippen LogP contribution in [0.2, 0.25) is 0 Å². The quantitative estimate of drug-likeness (QED) is 0.548. The summed E-state index contributed by atoms with van der Waals surface area (Å²) in [5, 5.41) is 2.80. The molecule has 0 aliphatic heterocycles. The lowest BCUT2D eigenvalue weighted by Gasteiger charge is -2.33. The van der Waals surface area contributed by atoms with Crippen LogP contribution in [0, 0.1) is 18.6 Å². The molecule has 0 radical (unpaired) electrons. The van der Waals surface area contributed by atoms with Gasteiger partial charge in [0.15, 0.2) is 11.6 Å². The Morgan fingerprint density at radius 2 is 1.71 bits per heavy atom. The van der Waals surface area contributed by atoms with Gasteiger partial charge in [0, 0.05) is 18.7 Å². The highest BCUT2D eigenvalue weighted by Gasteiger charge is 2.32. The lowest BCUT2D eigenvalue weighted by molar-refractivity contribution is -0.140. The number of anilines is 1. The summed E-state index contributed by atoms with van der Waals surface area (Å²) in [5.41, 5.74) is 1.51. The van der Waals surface area contributed by atoms with Gasteiger partial charge < -0.3 is 10.2 Å².